The number of hydrogen-bond donors (Lipinski definition) is 2. The minimum atomic E-state index is -4.90. The van der Waals surface area contributed by atoms with Crippen molar-refractivity contribution in [3.63, 3.8) is 0 Å². The van der Waals surface area contributed by atoms with Crippen molar-refractivity contribution >= 4 is 21.6 Å². The molecule has 3 aromatic rings. The molecule has 2 aromatic carbocycles. The number of benzene rings is 2. The third-order valence-electron chi connectivity index (χ3n) is 4.69. The van der Waals surface area contributed by atoms with E-state index < -0.39 is 33.5 Å². The molecule has 1 aromatic heterocycles. The van der Waals surface area contributed by atoms with Gasteiger partial charge in [-0.3, -0.25) is 14.5 Å². The number of pyridine rings is 1. The van der Waals surface area contributed by atoms with E-state index in [0.717, 1.165) is 12.1 Å². The second-order valence-electron chi connectivity index (χ2n) is 6.99. The molecule has 0 aliphatic rings. The molecular formula is C22H19F4N3O4S. The van der Waals surface area contributed by atoms with E-state index in [1.165, 1.54) is 49.8 Å². The van der Waals surface area contributed by atoms with E-state index in [1.54, 1.807) is 0 Å². The molecule has 34 heavy (non-hydrogen) atoms. The van der Waals surface area contributed by atoms with E-state index in [9.17, 15) is 30.8 Å². The lowest BCUT2D eigenvalue weighted by molar-refractivity contribution is -0.140. The molecule has 1 amide bonds. The second-order valence-corrected chi connectivity index (χ2v) is 8.64. The van der Waals surface area contributed by atoms with Crippen LogP contribution >= 0.6 is 0 Å². The summed E-state index contributed by atoms with van der Waals surface area (Å²) < 4.78 is 86.3. The number of methoxy groups -OCH3 is 1. The minimum Gasteiger partial charge on any atom is -0.495 e. The lowest BCUT2D eigenvalue weighted by Crippen LogP contribution is -2.28. The van der Waals surface area contributed by atoms with Crippen LogP contribution in [0.2, 0.25) is 0 Å². The Morgan fingerprint density at radius 3 is 2.53 bits per heavy atom. The molecule has 0 radical (unpaired) electrons. The number of nitrogens with zero attached hydrogens (tertiary/aromatic N) is 1. The third-order valence-corrected chi connectivity index (χ3v) is 6.13. The number of halogens is 4. The van der Waals surface area contributed by atoms with Crippen LogP contribution in [0.3, 0.4) is 0 Å². The van der Waals surface area contributed by atoms with Gasteiger partial charge < -0.3 is 10.1 Å². The monoisotopic (exact) mass is 497 g/mol. The predicted molar refractivity (Wildman–Crippen MR) is 115 cm³/mol. The summed E-state index contributed by atoms with van der Waals surface area (Å²) in [5.74, 6) is -1.93. The highest BCUT2D eigenvalue weighted by Crippen LogP contribution is 2.34. The Labute approximate surface area is 192 Å². The average molecular weight is 497 g/mol. The quantitative estimate of drug-likeness (QED) is 0.458. The van der Waals surface area contributed by atoms with Gasteiger partial charge in [0.05, 0.1) is 36.3 Å². The van der Waals surface area contributed by atoms with E-state index in [-0.39, 0.29) is 34.7 Å². The number of nitrogens with one attached hydrogen (secondary N) is 2. The largest absolute Gasteiger partial charge is 0.495 e. The van der Waals surface area contributed by atoms with Gasteiger partial charge >= 0.3 is 6.18 Å². The summed E-state index contributed by atoms with van der Waals surface area (Å²) in [5.41, 5.74) is -1.86. The lowest BCUT2D eigenvalue weighted by atomic mass is 10.0. The van der Waals surface area contributed by atoms with Crippen LogP contribution in [0, 0.1) is 5.82 Å². The number of hydrogen-bond acceptors (Lipinski definition) is 5. The molecule has 1 heterocycles. The topological polar surface area (TPSA) is 97.4 Å². The normalized spacial score (nSPS) is 11.7. The summed E-state index contributed by atoms with van der Waals surface area (Å²) in [4.78, 5) is 16.2. The van der Waals surface area contributed by atoms with Crippen molar-refractivity contribution in [1.82, 2.24) is 10.3 Å². The fourth-order valence-corrected chi connectivity index (χ4v) is 4.43. The van der Waals surface area contributed by atoms with Gasteiger partial charge in [0.2, 0.25) is 0 Å². The zero-order valence-electron chi connectivity index (χ0n) is 17.7. The molecule has 0 aliphatic carbocycles. The molecule has 0 unspecified atom stereocenters. The Bertz CT molecular complexity index is 1300. The zero-order chi connectivity index (χ0) is 24.9. The molecular weight excluding hydrogens is 478 g/mol. The lowest BCUT2D eigenvalue weighted by Gasteiger charge is -2.15. The fraction of sp³-hybridized carbons (Fsp3) is 0.182. The van der Waals surface area contributed by atoms with Crippen molar-refractivity contribution in [3.8, 4) is 5.75 Å². The van der Waals surface area contributed by atoms with E-state index in [2.05, 4.69) is 15.0 Å². The van der Waals surface area contributed by atoms with E-state index in [1.807, 2.05) is 0 Å². The number of amides is 1. The summed E-state index contributed by atoms with van der Waals surface area (Å²) in [6.07, 6.45) is -2.59. The summed E-state index contributed by atoms with van der Waals surface area (Å²) >= 11 is 0. The molecule has 0 spiro atoms. The van der Waals surface area contributed by atoms with Crippen LogP contribution in [0.25, 0.3) is 0 Å². The van der Waals surface area contributed by atoms with Crippen LogP contribution in [0.4, 0.5) is 23.2 Å². The first-order valence-corrected chi connectivity index (χ1v) is 11.2. The van der Waals surface area contributed by atoms with E-state index >= 15 is 0 Å². The van der Waals surface area contributed by atoms with Crippen molar-refractivity contribution in [2.45, 2.75) is 17.5 Å². The number of carbonyl (C=O) groups is 1. The standard InChI is InChI=1S/C22H19F4N3O4S/c1-33-16-11-15(12-27-13-16)29-34(31,32)19-8-3-2-6-17(19)21(30)28-10-9-14-5-4-7-18(23)20(14)22(24,25)26/h2-8,11-13,29H,9-10H2,1H3,(H,28,30). The highest BCUT2D eigenvalue weighted by atomic mass is 32.2. The fourth-order valence-electron chi connectivity index (χ4n) is 3.19. The van der Waals surface area contributed by atoms with Gasteiger partial charge in [0.15, 0.2) is 0 Å². The number of anilines is 1. The molecule has 0 fully saturated rings. The number of carbonyl (C=O) groups excluding carboxylic acids is 1. The van der Waals surface area contributed by atoms with Crippen LogP contribution < -0.4 is 14.8 Å². The van der Waals surface area contributed by atoms with Gasteiger partial charge in [-0.2, -0.15) is 13.2 Å². The Morgan fingerprint density at radius 1 is 1.09 bits per heavy atom. The molecule has 3 rings (SSSR count). The second kappa shape index (κ2) is 10.1. The molecule has 0 atom stereocenters. The van der Waals surface area contributed by atoms with Crippen molar-refractivity contribution in [1.29, 1.82) is 0 Å². The van der Waals surface area contributed by atoms with Crippen LogP contribution in [0.1, 0.15) is 21.5 Å². The van der Waals surface area contributed by atoms with Crippen molar-refractivity contribution < 1.29 is 35.5 Å². The highest BCUT2D eigenvalue weighted by Gasteiger charge is 2.36. The Morgan fingerprint density at radius 2 is 1.82 bits per heavy atom. The summed E-state index contributed by atoms with van der Waals surface area (Å²) in [6.45, 7) is -0.285. The molecule has 7 nitrogen and oxygen atoms in total. The average Bonchev–Trinajstić information content (AvgIpc) is 2.78. The first-order valence-electron chi connectivity index (χ1n) is 9.76. The Balaban J connectivity index is 1.77. The number of aromatic nitrogens is 1. The molecule has 0 bridgehead atoms. The van der Waals surface area contributed by atoms with Crippen LogP contribution in [0.15, 0.2) is 65.8 Å². The predicted octanol–water partition coefficient (Wildman–Crippen LogP) is 4.02. The number of ether oxygens (including phenoxy) is 1. The smallest absolute Gasteiger partial charge is 0.419 e. The van der Waals surface area contributed by atoms with Gasteiger partial charge in [0.1, 0.15) is 16.5 Å². The number of alkyl halides is 3. The Kier molecular flexibility index (Phi) is 7.40. The zero-order valence-corrected chi connectivity index (χ0v) is 18.5. The number of rotatable bonds is 8. The van der Waals surface area contributed by atoms with E-state index in [0.29, 0.717) is 11.8 Å². The molecule has 0 saturated heterocycles. The maximum atomic E-state index is 13.7. The molecule has 180 valence electrons. The van der Waals surface area contributed by atoms with Crippen LogP contribution in [-0.2, 0) is 22.6 Å². The first-order chi connectivity index (χ1) is 16.0. The van der Waals surface area contributed by atoms with Gasteiger partial charge in [-0.15, -0.1) is 0 Å². The van der Waals surface area contributed by atoms with Gasteiger partial charge in [-0.25, -0.2) is 12.8 Å². The van der Waals surface area contributed by atoms with Crippen molar-refractivity contribution in [3.05, 3.63) is 83.4 Å². The first kappa shape index (κ1) is 25.0. The van der Waals surface area contributed by atoms with Crippen LogP contribution in [-0.4, -0.2) is 33.0 Å². The van der Waals surface area contributed by atoms with Crippen molar-refractivity contribution in [2.24, 2.45) is 0 Å². The molecule has 2 N–H and O–H groups in total. The van der Waals surface area contributed by atoms with Crippen molar-refractivity contribution in [2.75, 3.05) is 18.4 Å². The summed E-state index contributed by atoms with van der Waals surface area (Å²) in [7, 11) is -2.84. The molecule has 0 aliphatic heterocycles. The van der Waals surface area contributed by atoms with Gasteiger partial charge in [0.25, 0.3) is 15.9 Å². The minimum absolute atomic E-state index is 0.0975. The molecule has 0 saturated carbocycles. The summed E-state index contributed by atoms with van der Waals surface area (Å²) in [6, 6.07) is 9.68. The van der Waals surface area contributed by atoms with Gasteiger partial charge in [-0.1, -0.05) is 24.3 Å². The molecule has 12 heteroatoms. The van der Waals surface area contributed by atoms with Crippen LogP contribution in [0.5, 0.6) is 5.75 Å². The van der Waals surface area contributed by atoms with Gasteiger partial charge in [-0.05, 0) is 30.2 Å². The highest BCUT2D eigenvalue weighted by molar-refractivity contribution is 7.92. The SMILES string of the molecule is COc1cncc(NS(=O)(=O)c2ccccc2C(=O)NCCc2cccc(F)c2C(F)(F)F)c1. The maximum Gasteiger partial charge on any atom is 0.419 e. The third kappa shape index (κ3) is 5.81. The van der Waals surface area contributed by atoms with Gasteiger partial charge in [0, 0.05) is 12.6 Å². The number of sulfonamides is 1. The Hall–Kier alpha value is -3.67. The maximum absolute atomic E-state index is 13.7. The van der Waals surface area contributed by atoms with E-state index in [4.69, 9.17) is 4.74 Å². The summed E-state index contributed by atoms with van der Waals surface area (Å²) in [5, 5.41) is 2.39.